The van der Waals surface area contributed by atoms with E-state index in [1.807, 2.05) is 55.3 Å². The van der Waals surface area contributed by atoms with E-state index in [0.29, 0.717) is 42.2 Å². The molecule has 0 saturated carbocycles. The molecule has 0 spiro atoms. The van der Waals surface area contributed by atoms with Crippen LogP contribution >= 0.6 is 0 Å². The SMILES string of the molecule is COc1ccc(CCN(C)C(=NC(=O)c2cccc(C)c2)OCC(C)C)cc1OC. The number of aryl methyl sites for hydroxylation is 1. The van der Waals surface area contributed by atoms with Crippen molar-refractivity contribution < 1.29 is 19.0 Å². The van der Waals surface area contributed by atoms with Crippen LogP contribution in [0, 0.1) is 12.8 Å². The molecule has 0 aliphatic heterocycles. The Morgan fingerprint density at radius 3 is 2.43 bits per heavy atom. The number of methoxy groups -OCH3 is 2. The Hall–Kier alpha value is -3.02. The third-order valence-electron chi connectivity index (χ3n) is 4.52. The minimum Gasteiger partial charge on any atom is -0.493 e. The van der Waals surface area contributed by atoms with Gasteiger partial charge < -0.3 is 19.1 Å². The lowest BCUT2D eigenvalue weighted by molar-refractivity contribution is 0.0992. The number of aliphatic imine (C=N–C) groups is 1. The second-order valence-electron chi connectivity index (χ2n) is 7.63. The fourth-order valence-electron chi connectivity index (χ4n) is 2.83. The first-order valence-electron chi connectivity index (χ1n) is 10.1. The van der Waals surface area contributed by atoms with E-state index < -0.39 is 0 Å². The van der Waals surface area contributed by atoms with Crippen LogP contribution in [0.25, 0.3) is 0 Å². The molecular formula is C24H32N2O4. The number of ether oxygens (including phenoxy) is 3. The van der Waals surface area contributed by atoms with Crippen molar-refractivity contribution in [3.63, 3.8) is 0 Å². The van der Waals surface area contributed by atoms with Crippen LogP contribution in [-0.4, -0.2) is 51.2 Å². The monoisotopic (exact) mass is 412 g/mol. The first kappa shape index (κ1) is 23.3. The minimum atomic E-state index is -0.310. The molecule has 0 unspecified atom stereocenters. The van der Waals surface area contributed by atoms with Crippen molar-refractivity contribution in [3.8, 4) is 11.5 Å². The van der Waals surface area contributed by atoms with Gasteiger partial charge in [-0.1, -0.05) is 37.6 Å². The maximum absolute atomic E-state index is 12.7. The van der Waals surface area contributed by atoms with Crippen molar-refractivity contribution in [3.05, 3.63) is 59.2 Å². The van der Waals surface area contributed by atoms with E-state index in [4.69, 9.17) is 14.2 Å². The molecule has 0 aliphatic carbocycles. The summed E-state index contributed by atoms with van der Waals surface area (Å²) >= 11 is 0. The summed E-state index contributed by atoms with van der Waals surface area (Å²) in [5.41, 5.74) is 2.66. The summed E-state index contributed by atoms with van der Waals surface area (Å²) in [5.74, 6) is 1.40. The maximum atomic E-state index is 12.7. The van der Waals surface area contributed by atoms with Crippen LogP contribution in [0.4, 0.5) is 0 Å². The van der Waals surface area contributed by atoms with Gasteiger partial charge in [-0.25, -0.2) is 0 Å². The highest BCUT2D eigenvalue weighted by atomic mass is 16.5. The average Bonchev–Trinajstić information content (AvgIpc) is 2.74. The fourth-order valence-corrected chi connectivity index (χ4v) is 2.83. The number of hydrogen-bond donors (Lipinski definition) is 0. The molecule has 0 fully saturated rings. The van der Waals surface area contributed by atoms with E-state index in [2.05, 4.69) is 18.8 Å². The summed E-state index contributed by atoms with van der Waals surface area (Å²) in [6, 6.07) is 13.6. The zero-order valence-corrected chi connectivity index (χ0v) is 18.8. The smallest absolute Gasteiger partial charge is 0.295 e. The van der Waals surface area contributed by atoms with Gasteiger partial charge in [-0.15, -0.1) is 0 Å². The Morgan fingerprint density at radius 2 is 1.80 bits per heavy atom. The topological polar surface area (TPSA) is 60.4 Å². The first-order valence-corrected chi connectivity index (χ1v) is 10.1. The summed E-state index contributed by atoms with van der Waals surface area (Å²) in [4.78, 5) is 18.8. The minimum absolute atomic E-state index is 0.310. The van der Waals surface area contributed by atoms with Gasteiger partial charge in [0.15, 0.2) is 11.5 Å². The Bertz CT molecular complexity index is 877. The van der Waals surface area contributed by atoms with E-state index in [1.165, 1.54) is 0 Å². The maximum Gasteiger partial charge on any atom is 0.295 e. The number of hydrogen-bond acceptors (Lipinski definition) is 4. The molecule has 0 aliphatic rings. The lowest BCUT2D eigenvalue weighted by Crippen LogP contribution is -2.33. The van der Waals surface area contributed by atoms with Gasteiger partial charge in [0, 0.05) is 19.2 Å². The van der Waals surface area contributed by atoms with Crippen molar-refractivity contribution in [2.75, 3.05) is 34.4 Å². The third-order valence-corrected chi connectivity index (χ3v) is 4.52. The van der Waals surface area contributed by atoms with Crippen LogP contribution < -0.4 is 9.47 Å². The molecule has 2 aromatic carbocycles. The summed E-state index contributed by atoms with van der Waals surface area (Å²) in [6.45, 7) is 7.19. The number of amides is 1. The predicted octanol–water partition coefficient (Wildman–Crippen LogP) is 4.36. The molecule has 0 aromatic heterocycles. The number of rotatable bonds is 8. The number of benzene rings is 2. The van der Waals surface area contributed by atoms with E-state index >= 15 is 0 Å². The van der Waals surface area contributed by atoms with Gasteiger partial charge in [-0.05, 0) is 49.1 Å². The van der Waals surface area contributed by atoms with E-state index in [-0.39, 0.29) is 5.91 Å². The van der Waals surface area contributed by atoms with Crippen molar-refractivity contribution in [2.45, 2.75) is 27.2 Å². The van der Waals surface area contributed by atoms with Gasteiger partial charge in [-0.2, -0.15) is 4.99 Å². The Kier molecular flexibility index (Phi) is 8.71. The lowest BCUT2D eigenvalue weighted by atomic mass is 10.1. The van der Waals surface area contributed by atoms with Crippen LogP contribution in [0.3, 0.4) is 0 Å². The molecule has 0 N–H and O–H groups in total. The average molecular weight is 413 g/mol. The van der Waals surface area contributed by atoms with E-state index in [0.717, 1.165) is 17.5 Å². The second-order valence-corrected chi connectivity index (χ2v) is 7.63. The number of carbonyl (C=O) groups excluding carboxylic acids is 1. The van der Waals surface area contributed by atoms with Crippen LogP contribution in [0.1, 0.15) is 35.3 Å². The molecule has 162 valence electrons. The zero-order valence-electron chi connectivity index (χ0n) is 18.8. The predicted molar refractivity (Wildman–Crippen MR) is 120 cm³/mol. The van der Waals surface area contributed by atoms with Crippen molar-refractivity contribution in [2.24, 2.45) is 10.9 Å². The number of amidine groups is 1. The van der Waals surface area contributed by atoms with Crippen molar-refractivity contribution >= 4 is 11.9 Å². The van der Waals surface area contributed by atoms with Gasteiger partial charge >= 0.3 is 0 Å². The molecule has 0 saturated heterocycles. The molecule has 30 heavy (non-hydrogen) atoms. The van der Waals surface area contributed by atoms with Gasteiger partial charge in [-0.3, -0.25) is 4.79 Å². The second kappa shape index (κ2) is 11.2. The highest BCUT2D eigenvalue weighted by Gasteiger charge is 2.14. The van der Waals surface area contributed by atoms with Gasteiger partial charge in [0.25, 0.3) is 11.9 Å². The van der Waals surface area contributed by atoms with Crippen LogP contribution in [0.5, 0.6) is 11.5 Å². The molecular weight excluding hydrogens is 380 g/mol. The highest BCUT2D eigenvalue weighted by molar-refractivity contribution is 6.01. The fraction of sp³-hybridized carbons (Fsp3) is 0.417. The molecule has 0 radical (unpaired) electrons. The lowest BCUT2D eigenvalue weighted by Gasteiger charge is -2.22. The third kappa shape index (κ3) is 6.79. The largest absolute Gasteiger partial charge is 0.493 e. The summed E-state index contributed by atoms with van der Waals surface area (Å²) in [6.07, 6.45) is 0.736. The van der Waals surface area contributed by atoms with Crippen molar-refractivity contribution in [1.29, 1.82) is 0 Å². The normalized spacial score (nSPS) is 11.4. The Labute approximate surface area is 179 Å². The quantitative estimate of drug-likeness (QED) is 0.476. The summed E-state index contributed by atoms with van der Waals surface area (Å²) in [5, 5.41) is 0. The standard InChI is InChI=1S/C24H32N2O4/c1-17(2)16-30-24(25-23(27)20-9-7-8-18(3)14-20)26(4)13-12-19-10-11-21(28-5)22(15-19)29-6/h7-11,14-15,17H,12-13,16H2,1-6H3. The Morgan fingerprint density at radius 1 is 1.07 bits per heavy atom. The van der Waals surface area contributed by atoms with Gasteiger partial charge in [0.1, 0.15) is 0 Å². The van der Waals surface area contributed by atoms with Crippen LogP contribution in [0.2, 0.25) is 0 Å². The summed E-state index contributed by atoms with van der Waals surface area (Å²) in [7, 11) is 5.12. The summed E-state index contributed by atoms with van der Waals surface area (Å²) < 4.78 is 16.5. The van der Waals surface area contributed by atoms with Crippen LogP contribution in [-0.2, 0) is 11.2 Å². The zero-order chi connectivity index (χ0) is 22.1. The highest BCUT2D eigenvalue weighted by Crippen LogP contribution is 2.27. The molecule has 6 heteroatoms. The Balaban J connectivity index is 2.14. The molecule has 0 atom stereocenters. The van der Waals surface area contributed by atoms with E-state index in [9.17, 15) is 4.79 Å². The molecule has 2 rings (SSSR count). The van der Waals surface area contributed by atoms with Crippen LogP contribution in [0.15, 0.2) is 47.5 Å². The van der Waals surface area contributed by atoms with Gasteiger partial charge in [0.2, 0.25) is 0 Å². The van der Waals surface area contributed by atoms with Crippen molar-refractivity contribution in [1.82, 2.24) is 4.90 Å². The molecule has 6 nitrogen and oxygen atoms in total. The first-order chi connectivity index (χ1) is 14.3. The number of likely N-dealkylation sites (N-methyl/N-ethyl adjacent to an activating group) is 1. The molecule has 0 heterocycles. The van der Waals surface area contributed by atoms with E-state index in [1.54, 1.807) is 20.3 Å². The number of carbonyl (C=O) groups is 1. The molecule has 2 aromatic rings. The molecule has 0 bridgehead atoms. The molecule has 1 amide bonds. The number of nitrogens with zero attached hydrogens (tertiary/aromatic N) is 2. The van der Waals surface area contributed by atoms with Gasteiger partial charge in [0.05, 0.1) is 20.8 Å².